The Morgan fingerprint density at radius 1 is 1.04 bits per heavy atom. The number of carbonyl (C=O) groups is 1. The summed E-state index contributed by atoms with van der Waals surface area (Å²) in [5.74, 6) is 0.495. The lowest BCUT2D eigenvalue weighted by molar-refractivity contribution is -0.118. The maximum absolute atomic E-state index is 12.1. The number of aryl methyl sites for hydroxylation is 1. The zero-order valence-electron chi connectivity index (χ0n) is 15.3. The van der Waals surface area contributed by atoms with Crippen LogP contribution in [0.3, 0.4) is 0 Å². The fourth-order valence-corrected chi connectivity index (χ4v) is 2.54. The van der Waals surface area contributed by atoms with E-state index in [1.165, 1.54) is 5.56 Å². The number of aromatic nitrogens is 1. The maximum Gasteiger partial charge on any atom is 0.262 e. The van der Waals surface area contributed by atoms with Crippen LogP contribution in [-0.4, -0.2) is 17.5 Å². The van der Waals surface area contributed by atoms with Gasteiger partial charge in [-0.2, -0.15) is 0 Å². The number of hydrogen-bond acceptors (Lipinski definition) is 3. The zero-order valence-corrected chi connectivity index (χ0v) is 15.3. The van der Waals surface area contributed by atoms with E-state index in [1.54, 1.807) is 6.20 Å². The number of ether oxygens (including phenoxy) is 1. The summed E-state index contributed by atoms with van der Waals surface area (Å²) < 4.78 is 5.54. The predicted octanol–water partition coefficient (Wildman–Crippen LogP) is 4.83. The van der Waals surface area contributed by atoms with Crippen LogP contribution in [0.15, 0.2) is 72.9 Å². The summed E-state index contributed by atoms with van der Waals surface area (Å²) in [6.07, 6.45) is 6.63. The first-order chi connectivity index (χ1) is 13.2. The van der Waals surface area contributed by atoms with E-state index in [9.17, 15) is 4.79 Å². The second-order valence-corrected chi connectivity index (χ2v) is 6.05. The Morgan fingerprint density at radius 2 is 1.89 bits per heavy atom. The standard InChI is InChI=1S/C23H22N2O2/c1-2-18-10-13-22(14-11-18)27-17-23(26)25-21-8-5-6-19(16-21)9-12-20-7-3-4-15-24-20/h3-16H,2,17H2,1H3,(H,25,26)/b12-9+. The van der Waals surface area contributed by atoms with Crippen molar-refractivity contribution in [2.24, 2.45) is 0 Å². The molecule has 2 aromatic carbocycles. The van der Waals surface area contributed by atoms with Gasteiger partial charge in [0.05, 0.1) is 5.69 Å². The fraction of sp³-hybridized carbons (Fsp3) is 0.130. The lowest BCUT2D eigenvalue weighted by Crippen LogP contribution is -2.20. The lowest BCUT2D eigenvalue weighted by atomic mass is 10.1. The molecule has 1 heterocycles. The molecular weight excluding hydrogens is 336 g/mol. The second-order valence-electron chi connectivity index (χ2n) is 6.05. The molecule has 27 heavy (non-hydrogen) atoms. The summed E-state index contributed by atoms with van der Waals surface area (Å²) in [4.78, 5) is 16.4. The maximum atomic E-state index is 12.1. The number of nitrogens with one attached hydrogen (secondary N) is 1. The molecule has 4 heteroatoms. The highest BCUT2D eigenvalue weighted by Gasteiger charge is 2.04. The Bertz CT molecular complexity index is 903. The molecule has 3 aromatic rings. The van der Waals surface area contributed by atoms with Gasteiger partial charge >= 0.3 is 0 Å². The molecule has 0 aliphatic carbocycles. The SMILES string of the molecule is CCc1ccc(OCC(=O)Nc2cccc(/C=C/c3ccccn3)c2)cc1. The number of amides is 1. The van der Waals surface area contributed by atoms with E-state index in [0.717, 1.165) is 23.4 Å². The van der Waals surface area contributed by atoms with Gasteiger partial charge in [0.2, 0.25) is 0 Å². The van der Waals surface area contributed by atoms with Gasteiger partial charge in [-0.15, -0.1) is 0 Å². The molecule has 0 unspecified atom stereocenters. The number of hydrogen-bond donors (Lipinski definition) is 1. The molecule has 0 saturated heterocycles. The van der Waals surface area contributed by atoms with Crippen LogP contribution in [0, 0.1) is 0 Å². The Hall–Kier alpha value is -3.40. The molecule has 136 valence electrons. The highest BCUT2D eigenvalue weighted by atomic mass is 16.5. The molecule has 0 aliphatic rings. The predicted molar refractivity (Wildman–Crippen MR) is 110 cm³/mol. The van der Waals surface area contributed by atoms with Crippen LogP contribution >= 0.6 is 0 Å². The summed E-state index contributed by atoms with van der Waals surface area (Å²) >= 11 is 0. The normalized spacial score (nSPS) is 10.7. The minimum Gasteiger partial charge on any atom is -0.484 e. The van der Waals surface area contributed by atoms with Gasteiger partial charge in [0.25, 0.3) is 5.91 Å². The van der Waals surface area contributed by atoms with Crippen molar-refractivity contribution in [1.29, 1.82) is 0 Å². The van der Waals surface area contributed by atoms with E-state index in [4.69, 9.17) is 4.74 Å². The van der Waals surface area contributed by atoms with Crippen molar-refractivity contribution >= 4 is 23.7 Å². The average Bonchev–Trinajstić information content (AvgIpc) is 2.72. The molecule has 1 N–H and O–H groups in total. The quantitative estimate of drug-likeness (QED) is 0.658. The number of rotatable bonds is 7. The molecular formula is C23H22N2O2. The molecule has 1 aromatic heterocycles. The van der Waals surface area contributed by atoms with E-state index < -0.39 is 0 Å². The highest BCUT2D eigenvalue weighted by Crippen LogP contribution is 2.15. The van der Waals surface area contributed by atoms with Crippen molar-refractivity contribution in [3.63, 3.8) is 0 Å². The fourth-order valence-electron chi connectivity index (χ4n) is 2.54. The minimum absolute atomic E-state index is 0.0283. The average molecular weight is 358 g/mol. The molecule has 0 atom stereocenters. The number of pyridine rings is 1. The monoisotopic (exact) mass is 358 g/mol. The first-order valence-corrected chi connectivity index (χ1v) is 8.94. The summed E-state index contributed by atoms with van der Waals surface area (Å²) in [7, 11) is 0. The first kappa shape index (κ1) is 18.4. The Labute approximate surface area is 159 Å². The van der Waals surface area contributed by atoms with Crippen molar-refractivity contribution in [1.82, 2.24) is 4.98 Å². The minimum atomic E-state index is -0.194. The molecule has 3 rings (SSSR count). The summed E-state index contributed by atoms with van der Waals surface area (Å²) in [5, 5.41) is 2.86. The van der Waals surface area contributed by atoms with Crippen LogP contribution in [0.2, 0.25) is 0 Å². The number of carbonyl (C=O) groups excluding carboxylic acids is 1. The van der Waals surface area contributed by atoms with Crippen LogP contribution < -0.4 is 10.1 Å². The van der Waals surface area contributed by atoms with Crippen LogP contribution in [0.5, 0.6) is 5.75 Å². The number of benzene rings is 2. The van der Waals surface area contributed by atoms with Gasteiger partial charge in [0.1, 0.15) is 5.75 Å². The van der Waals surface area contributed by atoms with Crippen molar-refractivity contribution in [2.45, 2.75) is 13.3 Å². The third-order valence-corrected chi connectivity index (χ3v) is 4.01. The summed E-state index contributed by atoms with van der Waals surface area (Å²) in [6, 6.07) is 21.2. The Balaban J connectivity index is 1.55. The van der Waals surface area contributed by atoms with Gasteiger partial charge in [0.15, 0.2) is 6.61 Å². The highest BCUT2D eigenvalue weighted by molar-refractivity contribution is 5.92. The Kier molecular flexibility index (Phi) is 6.36. The largest absolute Gasteiger partial charge is 0.484 e. The molecule has 0 saturated carbocycles. The third-order valence-electron chi connectivity index (χ3n) is 4.01. The van der Waals surface area contributed by atoms with Gasteiger partial charge in [-0.25, -0.2) is 0 Å². The number of anilines is 1. The smallest absolute Gasteiger partial charge is 0.262 e. The molecule has 0 fully saturated rings. The van der Waals surface area contributed by atoms with Crippen molar-refractivity contribution < 1.29 is 9.53 Å². The van der Waals surface area contributed by atoms with Crippen molar-refractivity contribution in [2.75, 3.05) is 11.9 Å². The van der Waals surface area contributed by atoms with Crippen LogP contribution in [0.1, 0.15) is 23.7 Å². The first-order valence-electron chi connectivity index (χ1n) is 8.94. The van der Waals surface area contributed by atoms with Crippen LogP contribution in [0.25, 0.3) is 12.2 Å². The molecule has 0 bridgehead atoms. The van der Waals surface area contributed by atoms with E-state index in [0.29, 0.717) is 5.75 Å². The van der Waals surface area contributed by atoms with E-state index >= 15 is 0 Å². The second kappa shape index (κ2) is 9.34. The van der Waals surface area contributed by atoms with E-state index in [2.05, 4.69) is 17.2 Å². The van der Waals surface area contributed by atoms with Gasteiger partial charge in [-0.1, -0.05) is 43.3 Å². The molecule has 0 spiro atoms. The van der Waals surface area contributed by atoms with E-state index in [1.807, 2.05) is 78.9 Å². The summed E-state index contributed by atoms with van der Waals surface area (Å²) in [6.45, 7) is 2.07. The number of nitrogens with zero attached hydrogens (tertiary/aromatic N) is 1. The van der Waals surface area contributed by atoms with Gasteiger partial charge < -0.3 is 10.1 Å². The third kappa shape index (κ3) is 5.82. The lowest BCUT2D eigenvalue weighted by Gasteiger charge is -2.08. The zero-order chi connectivity index (χ0) is 18.9. The summed E-state index contributed by atoms with van der Waals surface area (Å²) in [5.41, 5.74) is 3.83. The molecule has 4 nitrogen and oxygen atoms in total. The molecule has 0 radical (unpaired) electrons. The van der Waals surface area contributed by atoms with Crippen molar-refractivity contribution in [3.8, 4) is 5.75 Å². The van der Waals surface area contributed by atoms with Crippen LogP contribution in [-0.2, 0) is 11.2 Å². The van der Waals surface area contributed by atoms with Gasteiger partial charge in [0, 0.05) is 11.9 Å². The van der Waals surface area contributed by atoms with Gasteiger partial charge in [-0.3, -0.25) is 9.78 Å². The molecule has 0 aliphatic heterocycles. The van der Waals surface area contributed by atoms with Crippen LogP contribution in [0.4, 0.5) is 5.69 Å². The molecule has 1 amide bonds. The van der Waals surface area contributed by atoms with E-state index in [-0.39, 0.29) is 12.5 Å². The van der Waals surface area contributed by atoms with Gasteiger partial charge in [-0.05, 0) is 60.0 Å². The Morgan fingerprint density at radius 3 is 2.63 bits per heavy atom. The van der Waals surface area contributed by atoms with Crippen molar-refractivity contribution in [3.05, 3.63) is 89.7 Å². The topological polar surface area (TPSA) is 51.2 Å².